The lowest BCUT2D eigenvalue weighted by Gasteiger charge is -2.22. The van der Waals surface area contributed by atoms with Crippen molar-refractivity contribution in [3.05, 3.63) is 30.0 Å². The first kappa shape index (κ1) is 12.7. The minimum Gasteiger partial charge on any atom is -0.356 e. The summed E-state index contributed by atoms with van der Waals surface area (Å²) in [4.78, 5) is 14.3. The number of hydrogen-bond donors (Lipinski definition) is 0. The van der Waals surface area contributed by atoms with Gasteiger partial charge < -0.3 is 9.42 Å². The first-order valence-electron chi connectivity index (χ1n) is 6.48. The van der Waals surface area contributed by atoms with E-state index in [1.165, 1.54) is 0 Å². The van der Waals surface area contributed by atoms with Crippen molar-refractivity contribution in [2.45, 2.75) is 25.3 Å². The van der Waals surface area contributed by atoms with Crippen molar-refractivity contribution >= 4 is 32.8 Å². The zero-order chi connectivity index (χ0) is 13.2. The SMILES string of the molecule is O=C(Cc1noc2ccccc12)N1CCCC1CBr. The zero-order valence-electron chi connectivity index (χ0n) is 10.5. The fourth-order valence-electron chi connectivity index (χ4n) is 2.63. The van der Waals surface area contributed by atoms with E-state index >= 15 is 0 Å². The van der Waals surface area contributed by atoms with Gasteiger partial charge in [0.1, 0.15) is 5.69 Å². The molecule has 0 saturated carbocycles. The van der Waals surface area contributed by atoms with Crippen LogP contribution >= 0.6 is 15.9 Å². The standard InChI is InChI=1S/C14H15BrN2O2/c15-9-10-4-3-7-17(10)14(18)8-12-11-5-1-2-6-13(11)19-16-12/h1-2,5-6,10H,3-4,7-9H2. The molecule has 1 aromatic heterocycles. The minimum absolute atomic E-state index is 0.140. The van der Waals surface area contributed by atoms with E-state index < -0.39 is 0 Å². The van der Waals surface area contributed by atoms with Crippen LogP contribution in [0.3, 0.4) is 0 Å². The number of para-hydroxylation sites is 1. The third-order valence-electron chi connectivity index (χ3n) is 3.65. The highest BCUT2D eigenvalue weighted by atomic mass is 79.9. The highest BCUT2D eigenvalue weighted by Gasteiger charge is 2.28. The summed E-state index contributed by atoms with van der Waals surface area (Å²) in [7, 11) is 0. The number of amides is 1. The van der Waals surface area contributed by atoms with Gasteiger partial charge in [0.25, 0.3) is 0 Å². The second-order valence-electron chi connectivity index (χ2n) is 4.84. The summed E-state index contributed by atoms with van der Waals surface area (Å²) in [5, 5.41) is 5.80. The molecule has 4 nitrogen and oxygen atoms in total. The van der Waals surface area contributed by atoms with Gasteiger partial charge >= 0.3 is 0 Å². The third kappa shape index (κ3) is 2.39. The van der Waals surface area contributed by atoms with Gasteiger partial charge in [0.15, 0.2) is 5.58 Å². The predicted molar refractivity (Wildman–Crippen MR) is 76.2 cm³/mol. The van der Waals surface area contributed by atoms with E-state index in [0.717, 1.165) is 41.4 Å². The Bertz CT molecular complexity index is 596. The molecule has 1 aliphatic rings. The van der Waals surface area contributed by atoms with E-state index in [0.29, 0.717) is 12.5 Å². The Kier molecular flexibility index (Phi) is 3.55. The number of alkyl halides is 1. The molecule has 0 bridgehead atoms. The smallest absolute Gasteiger partial charge is 0.229 e. The fraction of sp³-hybridized carbons (Fsp3) is 0.429. The molecule has 2 heterocycles. The zero-order valence-corrected chi connectivity index (χ0v) is 12.1. The van der Waals surface area contributed by atoms with Crippen LogP contribution in [-0.2, 0) is 11.2 Å². The number of likely N-dealkylation sites (tertiary alicyclic amines) is 1. The van der Waals surface area contributed by atoms with Crippen LogP contribution in [0.15, 0.2) is 28.8 Å². The topological polar surface area (TPSA) is 46.3 Å². The maximum atomic E-state index is 12.3. The molecule has 0 radical (unpaired) electrons. The summed E-state index contributed by atoms with van der Waals surface area (Å²) in [5.74, 6) is 0.140. The Labute approximate surface area is 119 Å². The fourth-order valence-corrected chi connectivity index (χ4v) is 3.31. The second-order valence-corrected chi connectivity index (χ2v) is 5.49. The number of carbonyl (C=O) groups excluding carboxylic acids is 1. The quantitative estimate of drug-likeness (QED) is 0.816. The molecule has 0 spiro atoms. The Morgan fingerprint density at radius 1 is 1.47 bits per heavy atom. The summed E-state index contributed by atoms with van der Waals surface area (Å²) in [5.41, 5.74) is 1.48. The van der Waals surface area contributed by atoms with E-state index in [1.807, 2.05) is 29.2 Å². The van der Waals surface area contributed by atoms with Gasteiger partial charge in [0.2, 0.25) is 5.91 Å². The van der Waals surface area contributed by atoms with Crippen molar-refractivity contribution in [2.24, 2.45) is 0 Å². The number of aromatic nitrogens is 1. The molecule has 2 aromatic rings. The Hall–Kier alpha value is -1.36. The maximum Gasteiger partial charge on any atom is 0.229 e. The van der Waals surface area contributed by atoms with Crippen molar-refractivity contribution in [2.75, 3.05) is 11.9 Å². The van der Waals surface area contributed by atoms with Crippen LogP contribution in [0.4, 0.5) is 0 Å². The van der Waals surface area contributed by atoms with E-state index in [-0.39, 0.29) is 5.91 Å². The van der Waals surface area contributed by atoms with Gasteiger partial charge in [-0.05, 0) is 25.0 Å². The molecule has 0 aliphatic carbocycles. The lowest BCUT2D eigenvalue weighted by atomic mass is 10.1. The van der Waals surface area contributed by atoms with E-state index in [2.05, 4.69) is 21.1 Å². The summed E-state index contributed by atoms with van der Waals surface area (Å²) < 4.78 is 5.24. The number of halogens is 1. The van der Waals surface area contributed by atoms with Crippen molar-refractivity contribution in [1.82, 2.24) is 10.1 Å². The van der Waals surface area contributed by atoms with Gasteiger partial charge in [-0.25, -0.2) is 0 Å². The van der Waals surface area contributed by atoms with Gasteiger partial charge in [0.05, 0.1) is 6.42 Å². The second kappa shape index (κ2) is 5.33. The van der Waals surface area contributed by atoms with Gasteiger partial charge in [0, 0.05) is 23.3 Å². The normalized spacial score (nSPS) is 19.2. The molecule has 0 N–H and O–H groups in total. The number of nitrogens with zero attached hydrogens (tertiary/aromatic N) is 2. The number of hydrogen-bond acceptors (Lipinski definition) is 3. The molecule has 1 fully saturated rings. The first-order valence-corrected chi connectivity index (χ1v) is 7.60. The van der Waals surface area contributed by atoms with Crippen molar-refractivity contribution < 1.29 is 9.32 Å². The van der Waals surface area contributed by atoms with Crippen molar-refractivity contribution in [1.29, 1.82) is 0 Å². The van der Waals surface area contributed by atoms with Crippen molar-refractivity contribution in [3.63, 3.8) is 0 Å². The molecule has 19 heavy (non-hydrogen) atoms. The Morgan fingerprint density at radius 3 is 3.16 bits per heavy atom. The third-order valence-corrected chi connectivity index (χ3v) is 4.39. The van der Waals surface area contributed by atoms with Gasteiger partial charge in [-0.3, -0.25) is 4.79 Å². The molecule has 3 rings (SSSR count). The summed E-state index contributed by atoms with van der Waals surface area (Å²) in [6.45, 7) is 0.852. The van der Waals surface area contributed by atoms with Crippen LogP contribution in [0, 0.1) is 0 Å². The summed E-state index contributed by atoms with van der Waals surface area (Å²) >= 11 is 3.47. The molecular formula is C14H15BrN2O2. The average molecular weight is 323 g/mol. The molecular weight excluding hydrogens is 308 g/mol. The van der Waals surface area contributed by atoms with Gasteiger partial charge in [-0.1, -0.05) is 33.2 Å². The maximum absolute atomic E-state index is 12.3. The first-order chi connectivity index (χ1) is 9.29. The van der Waals surface area contributed by atoms with Crippen LogP contribution in [0.2, 0.25) is 0 Å². The lowest BCUT2D eigenvalue weighted by molar-refractivity contribution is -0.130. The number of rotatable bonds is 3. The monoisotopic (exact) mass is 322 g/mol. The van der Waals surface area contributed by atoms with E-state index in [9.17, 15) is 4.79 Å². The Morgan fingerprint density at radius 2 is 2.32 bits per heavy atom. The molecule has 1 aliphatic heterocycles. The largest absolute Gasteiger partial charge is 0.356 e. The Balaban J connectivity index is 1.79. The molecule has 1 aromatic carbocycles. The average Bonchev–Trinajstić information content (AvgIpc) is 3.05. The van der Waals surface area contributed by atoms with Crippen LogP contribution < -0.4 is 0 Å². The molecule has 100 valence electrons. The molecule has 5 heteroatoms. The van der Waals surface area contributed by atoms with Crippen LogP contribution in [-0.4, -0.2) is 33.9 Å². The number of fused-ring (bicyclic) bond motifs is 1. The number of benzene rings is 1. The molecule has 1 atom stereocenters. The minimum atomic E-state index is 0.140. The van der Waals surface area contributed by atoms with Crippen LogP contribution in [0.25, 0.3) is 11.0 Å². The molecule has 1 saturated heterocycles. The van der Waals surface area contributed by atoms with Gasteiger partial charge in [-0.15, -0.1) is 0 Å². The highest BCUT2D eigenvalue weighted by molar-refractivity contribution is 9.09. The molecule has 1 unspecified atom stereocenters. The summed E-state index contributed by atoms with van der Waals surface area (Å²) in [6, 6.07) is 7.98. The predicted octanol–water partition coefficient (Wildman–Crippen LogP) is 2.76. The lowest BCUT2D eigenvalue weighted by Crippen LogP contribution is -2.37. The highest BCUT2D eigenvalue weighted by Crippen LogP contribution is 2.22. The van der Waals surface area contributed by atoms with Crippen molar-refractivity contribution in [3.8, 4) is 0 Å². The molecule has 1 amide bonds. The van der Waals surface area contributed by atoms with Crippen LogP contribution in [0.5, 0.6) is 0 Å². The van der Waals surface area contributed by atoms with Gasteiger partial charge in [-0.2, -0.15) is 0 Å². The summed E-state index contributed by atoms with van der Waals surface area (Å²) in [6.07, 6.45) is 2.48. The van der Waals surface area contributed by atoms with Crippen LogP contribution in [0.1, 0.15) is 18.5 Å². The van der Waals surface area contributed by atoms with E-state index in [4.69, 9.17) is 4.52 Å². The number of carbonyl (C=O) groups is 1. The van der Waals surface area contributed by atoms with E-state index in [1.54, 1.807) is 0 Å².